The van der Waals surface area contributed by atoms with Crippen LogP contribution in [0.3, 0.4) is 0 Å². The first-order valence-electron chi connectivity index (χ1n) is 13.4. The molecule has 3 fully saturated rings. The Balaban J connectivity index is 1.69. The standard InChI is InChI=1S/C27H44O7/c1-3-4-5-10-22(33-25-11-6-8-16-31-25)13-14-27(15-18-30-21(2)28)20-23(19-24(27)29)34-26-12-7-9-17-32-26/h13-14,22-23,25-26H,3-12,15-20H2,1-2H3/t22-,23+,25?,26?,27+/m0/s1. The number of unbranched alkanes of at least 4 members (excludes halogenated alkanes) is 2. The van der Waals surface area contributed by atoms with Crippen molar-refractivity contribution in [3.8, 4) is 0 Å². The lowest BCUT2D eigenvalue weighted by atomic mass is 9.81. The lowest BCUT2D eigenvalue weighted by molar-refractivity contribution is -0.187. The summed E-state index contributed by atoms with van der Waals surface area (Å²) in [6.07, 6.45) is 15.1. The van der Waals surface area contributed by atoms with E-state index in [1.165, 1.54) is 6.92 Å². The zero-order chi connectivity index (χ0) is 24.2. The van der Waals surface area contributed by atoms with Gasteiger partial charge in [0.15, 0.2) is 12.6 Å². The highest BCUT2D eigenvalue weighted by Gasteiger charge is 2.46. The fourth-order valence-electron chi connectivity index (χ4n) is 5.10. The van der Waals surface area contributed by atoms with E-state index in [1.54, 1.807) is 0 Å². The van der Waals surface area contributed by atoms with Gasteiger partial charge < -0.3 is 23.7 Å². The van der Waals surface area contributed by atoms with Gasteiger partial charge in [-0.15, -0.1) is 0 Å². The molecule has 0 aromatic rings. The Labute approximate surface area is 204 Å². The van der Waals surface area contributed by atoms with E-state index in [-0.39, 0.29) is 43.1 Å². The normalized spacial score (nSPS) is 31.1. The van der Waals surface area contributed by atoms with Crippen LogP contribution in [0.4, 0.5) is 0 Å². The summed E-state index contributed by atoms with van der Waals surface area (Å²) in [5, 5.41) is 0. The average Bonchev–Trinajstić information content (AvgIpc) is 3.13. The minimum atomic E-state index is -0.714. The van der Waals surface area contributed by atoms with Gasteiger partial charge in [0.25, 0.3) is 0 Å². The van der Waals surface area contributed by atoms with Crippen LogP contribution in [0.15, 0.2) is 12.2 Å². The smallest absolute Gasteiger partial charge is 0.302 e. The average molecular weight is 481 g/mol. The zero-order valence-electron chi connectivity index (χ0n) is 21.1. The molecule has 1 saturated carbocycles. The summed E-state index contributed by atoms with van der Waals surface area (Å²) in [6, 6.07) is 0. The summed E-state index contributed by atoms with van der Waals surface area (Å²) in [7, 11) is 0. The second-order valence-corrected chi connectivity index (χ2v) is 9.96. The van der Waals surface area contributed by atoms with Gasteiger partial charge in [-0.05, 0) is 57.8 Å². The zero-order valence-corrected chi connectivity index (χ0v) is 21.1. The van der Waals surface area contributed by atoms with Gasteiger partial charge in [-0.25, -0.2) is 0 Å². The highest BCUT2D eigenvalue weighted by molar-refractivity contribution is 5.89. The molecule has 0 amide bonds. The first kappa shape index (κ1) is 27.3. The van der Waals surface area contributed by atoms with Gasteiger partial charge in [0.1, 0.15) is 5.78 Å². The van der Waals surface area contributed by atoms with Crippen LogP contribution in [0.5, 0.6) is 0 Å². The van der Waals surface area contributed by atoms with Crippen molar-refractivity contribution in [2.45, 2.75) is 122 Å². The third-order valence-electron chi connectivity index (χ3n) is 7.08. The molecule has 3 aliphatic rings. The van der Waals surface area contributed by atoms with Gasteiger partial charge in [-0.3, -0.25) is 9.59 Å². The molecule has 34 heavy (non-hydrogen) atoms. The van der Waals surface area contributed by atoms with Crippen molar-refractivity contribution in [1.29, 1.82) is 0 Å². The van der Waals surface area contributed by atoms with Crippen molar-refractivity contribution in [2.24, 2.45) is 5.41 Å². The van der Waals surface area contributed by atoms with Crippen LogP contribution in [0.2, 0.25) is 0 Å². The molecule has 0 bridgehead atoms. The predicted molar refractivity (Wildman–Crippen MR) is 128 cm³/mol. The van der Waals surface area contributed by atoms with Crippen molar-refractivity contribution >= 4 is 11.8 Å². The van der Waals surface area contributed by atoms with Crippen LogP contribution >= 0.6 is 0 Å². The van der Waals surface area contributed by atoms with E-state index in [4.69, 9.17) is 23.7 Å². The van der Waals surface area contributed by atoms with Crippen molar-refractivity contribution in [3.05, 3.63) is 12.2 Å². The van der Waals surface area contributed by atoms with E-state index in [0.29, 0.717) is 25.9 Å². The third kappa shape index (κ3) is 8.74. The molecular formula is C27H44O7. The van der Waals surface area contributed by atoms with Crippen LogP contribution in [0.1, 0.15) is 97.3 Å². The van der Waals surface area contributed by atoms with E-state index < -0.39 is 5.41 Å². The predicted octanol–water partition coefficient (Wildman–Crippen LogP) is 5.25. The van der Waals surface area contributed by atoms with E-state index in [9.17, 15) is 9.59 Å². The largest absolute Gasteiger partial charge is 0.466 e. The lowest BCUT2D eigenvalue weighted by Gasteiger charge is -2.29. The first-order chi connectivity index (χ1) is 16.5. The van der Waals surface area contributed by atoms with Crippen molar-refractivity contribution in [2.75, 3.05) is 19.8 Å². The molecule has 2 saturated heterocycles. The molecule has 2 aliphatic heterocycles. The van der Waals surface area contributed by atoms with E-state index in [0.717, 1.165) is 70.8 Å². The third-order valence-corrected chi connectivity index (χ3v) is 7.08. The Morgan fingerprint density at radius 2 is 1.85 bits per heavy atom. The summed E-state index contributed by atoms with van der Waals surface area (Å²) in [5.41, 5.74) is -0.714. The molecule has 194 valence electrons. The maximum absolute atomic E-state index is 13.3. The van der Waals surface area contributed by atoms with Gasteiger partial charge in [-0.2, -0.15) is 0 Å². The number of hydrogen-bond acceptors (Lipinski definition) is 7. The second-order valence-electron chi connectivity index (χ2n) is 9.96. The Morgan fingerprint density at radius 3 is 2.50 bits per heavy atom. The number of esters is 1. The molecule has 2 unspecified atom stereocenters. The summed E-state index contributed by atoms with van der Waals surface area (Å²) in [4.78, 5) is 24.7. The lowest BCUT2D eigenvalue weighted by Crippen LogP contribution is -2.30. The Hall–Kier alpha value is -1.28. The fraction of sp³-hybridized carbons (Fsp3) is 0.852. The minimum absolute atomic E-state index is 0.102. The van der Waals surface area contributed by atoms with E-state index >= 15 is 0 Å². The molecule has 7 heteroatoms. The molecule has 0 aromatic carbocycles. The van der Waals surface area contributed by atoms with Crippen LogP contribution < -0.4 is 0 Å². The number of rotatable bonds is 13. The molecular weight excluding hydrogens is 436 g/mol. The van der Waals surface area contributed by atoms with Crippen molar-refractivity contribution < 1.29 is 33.3 Å². The van der Waals surface area contributed by atoms with Crippen LogP contribution in [0, 0.1) is 5.41 Å². The molecule has 7 nitrogen and oxygen atoms in total. The SMILES string of the molecule is CCCCC[C@@H](C=C[C@@]1(CCOC(C)=O)C[C@H](OC2CCCCO2)CC1=O)OC1CCCCO1. The Morgan fingerprint density at radius 1 is 1.12 bits per heavy atom. The van der Waals surface area contributed by atoms with Crippen molar-refractivity contribution in [3.63, 3.8) is 0 Å². The maximum Gasteiger partial charge on any atom is 0.302 e. The molecule has 3 rings (SSSR count). The first-order valence-corrected chi connectivity index (χ1v) is 13.4. The van der Waals surface area contributed by atoms with Gasteiger partial charge in [0.2, 0.25) is 0 Å². The molecule has 0 spiro atoms. The van der Waals surface area contributed by atoms with E-state index in [2.05, 4.69) is 13.0 Å². The van der Waals surface area contributed by atoms with Gasteiger partial charge in [0.05, 0.1) is 24.2 Å². The number of Topliss-reactive ketones (excluding diaryl/α,β-unsaturated/α-hetero) is 1. The van der Waals surface area contributed by atoms with Gasteiger partial charge in [0, 0.05) is 26.6 Å². The van der Waals surface area contributed by atoms with Crippen molar-refractivity contribution in [1.82, 2.24) is 0 Å². The fourth-order valence-corrected chi connectivity index (χ4v) is 5.10. The van der Waals surface area contributed by atoms with Crippen LogP contribution in [0.25, 0.3) is 0 Å². The molecule has 2 heterocycles. The molecule has 0 aromatic heterocycles. The quantitative estimate of drug-likeness (QED) is 0.202. The van der Waals surface area contributed by atoms with Crippen LogP contribution in [-0.2, 0) is 33.3 Å². The number of ether oxygens (including phenoxy) is 5. The summed E-state index contributed by atoms with van der Waals surface area (Å²) in [6.45, 7) is 5.25. The van der Waals surface area contributed by atoms with E-state index in [1.807, 2.05) is 6.08 Å². The summed E-state index contributed by atoms with van der Waals surface area (Å²) in [5.74, 6) is -0.193. The topological polar surface area (TPSA) is 80.3 Å². The number of ketones is 1. The number of carbonyl (C=O) groups is 2. The number of carbonyl (C=O) groups excluding carboxylic acids is 2. The Kier molecular flexibility index (Phi) is 11.5. The molecule has 1 aliphatic carbocycles. The highest BCUT2D eigenvalue weighted by atomic mass is 16.7. The molecule has 5 atom stereocenters. The number of allylic oxidation sites excluding steroid dienone is 1. The highest BCUT2D eigenvalue weighted by Crippen LogP contribution is 2.42. The summed E-state index contributed by atoms with van der Waals surface area (Å²) < 4.78 is 29.3. The monoisotopic (exact) mass is 480 g/mol. The Bertz CT molecular complexity index is 651. The second kappa shape index (κ2) is 14.3. The maximum atomic E-state index is 13.3. The number of hydrogen-bond donors (Lipinski definition) is 0. The van der Waals surface area contributed by atoms with Gasteiger partial charge >= 0.3 is 5.97 Å². The molecule has 0 N–H and O–H groups in total. The minimum Gasteiger partial charge on any atom is -0.466 e. The summed E-state index contributed by atoms with van der Waals surface area (Å²) >= 11 is 0. The van der Waals surface area contributed by atoms with Crippen LogP contribution in [-0.4, -0.2) is 56.4 Å². The van der Waals surface area contributed by atoms with Gasteiger partial charge in [-0.1, -0.05) is 38.3 Å². The molecule has 0 radical (unpaired) electrons.